The van der Waals surface area contributed by atoms with E-state index in [4.69, 9.17) is 4.98 Å². The molecule has 0 bridgehead atoms. The Morgan fingerprint density at radius 1 is 0.808 bits per heavy atom. The molecular weight excluding hydrogens is 320 g/mol. The first kappa shape index (κ1) is 16.3. The zero-order chi connectivity index (χ0) is 18.1. The highest BCUT2D eigenvalue weighted by atomic mass is 15.2. The maximum absolute atomic E-state index is 4.76. The van der Waals surface area contributed by atoms with E-state index in [2.05, 4.69) is 79.6 Å². The Morgan fingerprint density at radius 3 is 2.15 bits per heavy atom. The Kier molecular flexibility index (Phi) is 3.96. The number of aromatic nitrogens is 3. The molecule has 0 aliphatic rings. The molecule has 0 saturated carbocycles. The summed E-state index contributed by atoms with van der Waals surface area (Å²) in [6, 6.07) is 20.8. The molecule has 26 heavy (non-hydrogen) atoms. The topological polar surface area (TPSA) is 42.2 Å². The van der Waals surface area contributed by atoms with Crippen LogP contribution in [0.2, 0.25) is 0 Å². The zero-order valence-electron chi connectivity index (χ0n) is 15.3. The molecule has 4 rings (SSSR count). The average molecular weight is 342 g/mol. The molecule has 4 nitrogen and oxygen atoms in total. The van der Waals surface area contributed by atoms with Crippen LogP contribution in [0.15, 0.2) is 73.1 Å². The van der Waals surface area contributed by atoms with E-state index in [9.17, 15) is 0 Å². The molecule has 1 N–H and O–H groups in total. The van der Waals surface area contributed by atoms with Gasteiger partial charge in [0.1, 0.15) is 11.5 Å². The first-order valence-electron chi connectivity index (χ1n) is 8.78. The number of hydrogen-bond donors (Lipinski definition) is 1. The van der Waals surface area contributed by atoms with E-state index in [1.54, 1.807) is 6.20 Å². The van der Waals surface area contributed by atoms with Crippen molar-refractivity contribution in [3.63, 3.8) is 0 Å². The van der Waals surface area contributed by atoms with Crippen molar-refractivity contribution in [2.75, 3.05) is 5.32 Å². The molecule has 0 radical (unpaired) electrons. The van der Waals surface area contributed by atoms with Gasteiger partial charge < -0.3 is 5.32 Å². The van der Waals surface area contributed by atoms with Gasteiger partial charge in [-0.25, -0.2) is 9.97 Å². The second-order valence-electron chi connectivity index (χ2n) is 7.42. The van der Waals surface area contributed by atoms with Gasteiger partial charge in [-0.1, -0.05) is 54.6 Å². The zero-order valence-corrected chi connectivity index (χ0v) is 15.3. The minimum absolute atomic E-state index is 0.0788. The van der Waals surface area contributed by atoms with Crippen molar-refractivity contribution < 1.29 is 0 Å². The summed E-state index contributed by atoms with van der Waals surface area (Å²) in [7, 11) is 0. The number of nitrogens with zero attached hydrogens (tertiary/aromatic N) is 3. The average Bonchev–Trinajstić information content (AvgIpc) is 3.00. The van der Waals surface area contributed by atoms with Crippen LogP contribution in [0.4, 0.5) is 5.82 Å². The summed E-state index contributed by atoms with van der Waals surface area (Å²) in [5.74, 6) is 1.66. The summed E-state index contributed by atoms with van der Waals surface area (Å²) in [5.41, 5.74) is 4.32. The normalized spacial score (nSPS) is 11.7. The van der Waals surface area contributed by atoms with Gasteiger partial charge in [0.25, 0.3) is 0 Å². The molecule has 0 aliphatic carbocycles. The molecule has 0 aliphatic heterocycles. The second kappa shape index (κ2) is 6.30. The summed E-state index contributed by atoms with van der Waals surface area (Å²) in [6.07, 6.45) is 3.76. The van der Waals surface area contributed by atoms with Crippen LogP contribution in [0.5, 0.6) is 0 Å². The Bertz CT molecular complexity index is 1030. The fraction of sp³-hybridized carbons (Fsp3) is 0.182. The molecule has 4 heteroatoms. The predicted molar refractivity (Wildman–Crippen MR) is 107 cm³/mol. The SMILES string of the molecule is CC(C)(C)Nc1c(-c2ccc(-c3ccccc3)cc2)nc2ncccn12. The molecule has 2 aromatic heterocycles. The molecule has 130 valence electrons. The van der Waals surface area contributed by atoms with Gasteiger partial charge >= 0.3 is 0 Å². The van der Waals surface area contributed by atoms with Gasteiger partial charge in [0, 0.05) is 23.5 Å². The van der Waals surface area contributed by atoms with E-state index < -0.39 is 0 Å². The Morgan fingerprint density at radius 2 is 1.46 bits per heavy atom. The van der Waals surface area contributed by atoms with Crippen molar-refractivity contribution in [2.24, 2.45) is 0 Å². The quantitative estimate of drug-likeness (QED) is 0.551. The van der Waals surface area contributed by atoms with E-state index in [1.807, 2.05) is 22.7 Å². The van der Waals surface area contributed by atoms with Gasteiger partial charge in [-0.15, -0.1) is 0 Å². The van der Waals surface area contributed by atoms with Gasteiger partial charge in [0.05, 0.1) is 0 Å². The Labute approximate surface area is 153 Å². The second-order valence-corrected chi connectivity index (χ2v) is 7.42. The predicted octanol–water partition coefficient (Wildman–Crippen LogP) is 5.27. The highest BCUT2D eigenvalue weighted by molar-refractivity contribution is 5.78. The Balaban J connectivity index is 1.80. The standard InChI is InChI=1S/C22H22N4/c1-22(2,3)25-20-19(24-21-23-14-7-15-26(20)21)18-12-10-17(11-13-18)16-8-5-4-6-9-16/h4-15,25H,1-3H3. The molecular formula is C22H22N4. The van der Waals surface area contributed by atoms with E-state index in [1.165, 1.54) is 11.1 Å². The van der Waals surface area contributed by atoms with Crippen LogP contribution in [0.3, 0.4) is 0 Å². The van der Waals surface area contributed by atoms with Crippen molar-refractivity contribution >= 4 is 11.6 Å². The van der Waals surface area contributed by atoms with Crippen molar-refractivity contribution in [3.8, 4) is 22.4 Å². The van der Waals surface area contributed by atoms with Crippen LogP contribution < -0.4 is 5.32 Å². The number of benzene rings is 2. The highest BCUT2D eigenvalue weighted by Crippen LogP contribution is 2.31. The van der Waals surface area contributed by atoms with Crippen LogP contribution >= 0.6 is 0 Å². The van der Waals surface area contributed by atoms with Crippen LogP contribution in [0.25, 0.3) is 28.2 Å². The molecule has 0 spiro atoms. The monoisotopic (exact) mass is 342 g/mol. The van der Waals surface area contributed by atoms with E-state index in [0.717, 1.165) is 17.1 Å². The summed E-state index contributed by atoms with van der Waals surface area (Å²) in [6.45, 7) is 6.43. The first-order chi connectivity index (χ1) is 12.5. The summed E-state index contributed by atoms with van der Waals surface area (Å²) >= 11 is 0. The fourth-order valence-corrected chi connectivity index (χ4v) is 3.01. The van der Waals surface area contributed by atoms with Gasteiger partial charge in [-0.3, -0.25) is 4.40 Å². The van der Waals surface area contributed by atoms with E-state index in [0.29, 0.717) is 5.78 Å². The lowest BCUT2D eigenvalue weighted by atomic mass is 10.0. The smallest absolute Gasteiger partial charge is 0.235 e. The van der Waals surface area contributed by atoms with Crippen molar-refractivity contribution in [3.05, 3.63) is 73.1 Å². The minimum atomic E-state index is -0.0788. The van der Waals surface area contributed by atoms with Crippen molar-refractivity contribution in [1.29, 1.82) is 0 Å². The molecule has 2 aromatic carbocycles. The summed E-state index contributed by atoms with van der Waals surface area (Å²) in [4.78, 5) is 9.15. The van der Waals surface area contributed by atoms with E-state index in [-0.39, 0.29) is 5.54 Å². The van der Waals surface area contributed by atoms with Crippen LogP contribution in [0.1, 0.15) is 20.8 Å². The lowest BCUT2D eigenvalue weighted by Gasteiger charge is -2.22. The fourth-order valence-electron chi connectivity index (χ4n) is 3.01. The van der Waals surface area contributed by atoms with Gasteiger partial charge in [0.2, 0.25) is 5.78 Å². The number of rotatable bonds is 3. The van der Waals surface area contributed by atoms with Crippen LogP contribution in [-0.2, 0) is 0 Å². The molecule has 0 saturated heterocycles. The van der Waals surface area contributed by atoms with E-state index >= 15 is 0 Å². The molecule has 0 unspecified atom stereocenters. The summed E-state index contributed by atoms with van der Waals surface area (Å²) in [5, 5.41) is 3.58. The number of hydrogen-bond acceptors (Lipinski definition) is 3. The third-order valence-corrected chi connectivity index (χ3v) is 4.16. The minimum Gasteiger partial charge on any atom is -0.365 e. The molecule has 0 atom stereocenters. The van der Waals surface area contributed by atoms with Crippen LogP contribution in [0, 0.1) is 0 Å². The Hall–Kier alpha value is -3.14. The first-order valence-corrected chi connectivity index (χ1v) is 8.78. The lowest BCUT2D eigenvalue weighted by Crippen LogP contribution is -2.27. The van der Waals surface area contributed by atoms with Crippen LogP contribution in [-0.4, -0.2) is 19.9 Å². The molecule has 0 fully saturated rings. The molecule has 0 amide bonds. The third-order valence-electron chi connectivity index (χ3n) is 4.16. The lowest BCUT2D eigenvalue weighted by molar-refractivity contribution is 0.629. The van der Waals surface area contributed by atoms with Gasteiger partial charge in [0.15, 0.2) is 0 Å². The molecule has 2 heterocycles. The van der Waals surface area contributed by atoms with Gasteiger partial charge in [-0.2, -0.15) is 0 Å². The maximum atomic E-state index is 4.76. The maximum Gasteiger partial charge on any atom is 0.235 e. The molecule has 4 aromatic rings. The van der Waals surface area contributed by atoms with Gasteiger partial charge in [-0.05, 0) is 38.0 Å². The van der Waals surface area contributed by atoms with Crippen molar-refractivity contribution in [1.82, 2.24) is 14.4 Å². The number of anilines is 1. The largest absolute Gasteiger partial charge is 0.365 e. The third kappa shape index (κ3) is 3.18. The highest BCUT2D eigenvalue weighted by Gasteiger charge is 2.19. The number of imidazole rings is 1. The number of nitrogens with one attached hydrogen (secondary N) is 1. The summed E-state index contributed by atoms with van der Waals surface area (Å²) < 4.78 is 2.01. The number of fused-ring (bicyclic) bond motifs is 1. The van der Waals surface area contributed by atoms with Crippen molar-refractivity contribution in [2.45, 2.75) is 26.3 Å².